The lowest BCUT2D eigenvalue weighted by molar-refractivity contribution is 1.17. The standard InChI is InChI=1S/C11H10N4S/c1-12-11-15-9-10(16-11)14-8(6-13-9)5-4-7-2-3-7/h6-7H,2-3H2,1H3,(H,12,13,15). The molecule has 0 spiro atoms. The molecular weight excluding hydrogens is 220 g/mol. The first-order valence-corrected chi connectivity index (χ1v) is 5.99. The molecule has 2 aromatic rings. The van der Waals surface area contributed by atoms with Gasteiger partial charge in [-0.3, -0.25) is 0 Å². The molecule has 2 aromatic heterocycles. The van der Waals surface area contributed by atoms with Crippen LogP contribution in [0, 0.1) is 17.8 Å². The highest BCUT2D eigenvalue weighted by Crippen LogP contribution is 2.27. The summed E-state index contributed by atoms with van der Waals surface area (Å²) in [6.07, 6.45) is 4.15. The molecule has 1 fully saturated rings. The van der Waals surface area contributed by atoms with Crippen LogP contribution in [0.15, 0.2) is 6.20 Å². The van der Waals surface area contributed by atoms with Crippen LogP contribution < -0.4 is 5.32 Å². The number of thiazole rings is 1. The van der Waals surface area contributed by atoms with E-state index in [9.17, 15) is 0 Å². The monoisotopic (exact) mass is 230 g/mol. The normalized spacial score (nSPS) is 14.6. The first kappa shape index (κ1) is 9.55. The minimum Gasteiger partial charge on any atom is -0.364 e. The van der Waals surface area contributed by atoms with Gasteiger partial charge in [-0.25, -0.2) is 9.97 Å². The van der Waals surface area contributed by atoms with E-state index in [1.54, 1.807) is 6.20 Å². The molecule has 1 saturated carbocycles. The van der Waals surface area contributed by atoms with Gasteiger partial charge in [-0.1, -0.05) is 17.3 Å². The van der Waals surface area contributed by atoms with Gasteiger partial charge in [-0.2, -0.15) is 4.98 Å². The molecule has 1 N–H and O–H groups in total. The fourth-order valence-corrected chi connectivity index (χ4v) is 2.04. The van der Waals surface area contributed by atoms with E-state index in [1.165, 1.54) is 24.2 Å². The predicted octanol–water partition coefficient (Wildman–Crippen LogP) is 1.89. The highest BCUT2D eigenvalue weighted by molar-refractivity contribution is 7.21. The van der Waals surface area contributed by atoms with E-state index >= 15 is 0 Å². The minimum atomic E-state index is 0.590. The second kappa shape index (κ2) is 3.72. The highest BCUT2D eigenvalue weighted by Gasteiger charge is 2.17. The number of rotatable bonds is 1. The Bertz CT molecular complexity index is 589. The van der Waals surface area contributed by atoms with Crippen LogP contribution in [0.3, 0.4) is 0 Å². The Kier molecular flexibility index (Phi) is 2.22. The highest BCUT2D eigenvalue weighted by atomic mass is 32.1. The predicted molar refractivity (Wildman–Crippen MR) is 64.4 cm³/mol. The van der Waals surface area contributed by atoms with Crippen LogP contribution in [0.5, 0.6) is 0 Å². The molecule has 0 saturated heterocycles. The van der Waals surface area contributed by atoms with Crippen LogP contribution in [0.1, 0.15) is 18.5 Å². The molecule has 0 aromatic carbocycles. The van der Waals surface area contributed by atoms with Crippen LogP contribution in [0.2, 0.25) is 0 Å². The van der Waals surface area contributed by atoms with E-state index in [-0.39, 0.29) is 0 Å². The second-order valence-electron chi connectivity index (χ2n) is 3.70. The first-order valence-electron chi connectivity index (χ1n) is 5.18. The van der Waals surface area contributed by atoms with Crippen molar-refractivity contribution in [2.45, 2.75) is 12.8 Å². The van der Waals surface area contributed by atoms with E-state index in [0.29, 0.717) is 11.6 Å². The number of fused-ring (bicyclic) bond motifs is 1. The molecular formula is C11H10N4S. The maximum absolute atomic E-state index is 4.42. The van der Waals surface area contributed by atoms with Gasteiger partial charge in [-0.05, 0) is 18.8 Å². The van der Waals surface area contributed by atoms with Gasteiger partial charge < -0.3 is 5.32 Å². The maximum Gasteiger partial charge on any atom is 0.191 e. The molecule has 4 nitrogen and oxygen atoms in total. The van der Waals surface area contributed by atoms with Crippen molar-refractivity contribution in [2.75, 3.05) is 12.4 Å². The summed E-state index contributed by atoms with van der Waals surface area (Å²) in [5, 5.41) is 3.82. The zero-order chi connectivity index (χ0) is 11.0. The summed E-state index contributed by atoms with van der Waals surface area (Å²) < 4.78 is 0. The number of nitrogens with one attached hydrogen (secondary N) is 1. The van der Waals surface area contributed by atoms with Gasteiger partial charge in [-0.15, -0.1) is 0 Å². The Morgan fingerprint density at radius 2 is 2.31 bits per heavy atom. The molecule has 0 aliphatic heterocycles. The average molecular weight is 230 g/mol. The number of aromatic nitrogens is 3. The molecule has 1 aliphatic carbocycles. The number of hydrogen-bond donors (Lipinski definition) is 1. The molecule has 16 heavy (non-hydrogen) atoms. The summed E-state index contributed by atoms with van der Waals surface area (Å²) in [6.45, 7) is 0. The van der Waals surface area contributed by atoms with E-state index in [0.717, 1.165) is 15.7 Å². The number of nitrogens with zero attached hydrogens (tertiary/aromatic N) is 3. The summed E-state index contributed by atoms with van der Waals surface area (Å²) in [5.41, 5.74) is 1.43. The lowest BCUT2D eigenvalue weighted by Gasteiger charge is -1.87. The average Bonchev–Trinajstić information content (AvgIpc) is 3.04. The van der Waals surface area contributed by atoms with E-state index < -0.39 is 0 Å². The van der Waals surface area contributed by atoms with Gasteiger partial charge in [0.1, 0.15) is 5.69 Å². The molecule has 1 aliphatic rings. The van der Waals surface area contributed by atoms with E-state index in [1.807, 2.05) is 7.05 Å². The van der Waals surface area contributed by atoms with Crippen LogP contribution in [-0.2, 0) is 0 Å². The lowest BCUT2D eigenvalue weighted by atomic mass is 10.4. The molecule has 0 bridgehead atoms. The summed E-state index contributed by atoms with van der Waals surface area (Å²) in [7, 11) is 1.84. The Morgan fingerprint density at radius 1 is 1.44 bits per heavy atom. The third-order valence-corrected chi connectivity index (χ3v) is 3.27. The molecule has 0 amide bonds. The van der Waals surface area contributed by atoms with Gasteiger partial charge in [0.25, 0.3) is 0 Å². The molecule has 5 heteroatoms. The van der Waals surface area contributed by atoms with Crippen LogP contribution in [0.25, 0.3) is 10.5 Å². The number of hydrogen-bond acceptors (Lipinski definition) is 5. The fraction of sp³-hybridized carbons (Fsp3) is 0.364. The van der Waals surface area contributed by atoms with E-state index in [4.69, 9.17) is 0 Å². The summed E-state index contributed by atoms with van der Waals surface area (Å²) in [4.78, 5) is 13.8. The quantitative estimate of drug-likeness (QED) is 0.760. The van der Waals surface area contributed by atoms with Gasteiger partial charge in [0, 0.05) is 13.0 Å². The second-order valence-corrected chi connectivity index (χ2v) is 4.67. The van der Waals surface area contributed by atoms with Gasteiger partial charge in [0.2, 0.25) is 0 Å². The Labute approximate surface area is 97.1 Å². The Morgan fingerprint density at radius 3 is 3.06 bits per heavy atom. The third kappa shape index (κ3) is 1.84. The summed E-state index contributed by atoms with van der Waals surface area (Å²) >= 11 is 1.50. The SMILES string of the molecule is CNc1nc2ncc(C#CC3CC3)nc2s1. The minimum absolute atomic E-state index is 0.590. The molecule has 80 valence electrons. The van der Waals surface area contributed by atoms with Crippen molar-refractivity contribution in [3.8, 4) is 11.8 Å². The molecule has 2 heterocycles. The smallest absolute Gasteiger partial charge is 0.191 e. The number of anilines is 1. The topological polar surface area (TPSA) is 50.7 Å². The lowest BCUT2D eigenvalue weighted by Crippen LogP contribution is -1.87. The third-order valence-electron chi connectivity index (χ3n) is 2.32. The van der Waals surface area contributed by atoms with E-state index in [2.05, 4.69) is 32.1 Å². The van der Waals surface area contributed by atoms with Crippen molar-refractivity contribution in [3.63, 3.8) is 0 Å². The summed E-state index contributed by atoms with van der Waals surface area (Å²) in [5.74, 6) is 6.82. The zero-order valence-corrected chi connectivity index (χ0v) is 9.64. The molecule has 3 rings (SSSR count). The Hall–Kier alpha value is -1.67. The Balaban J connectivity index is 1.98. The van der Waals surface area contributed by atoms with Crippen LogP contribution >= 0.6 is 11.3 Å². The van der Waals surface area contributed by atoms with Crippen molar-refractivity contribution >= 4 is 26.9 Å². The van der Waals surface area contributed by atoms with Crippen LogP contribution in [0.4, 0.5) is 5.13 Å². The van der Waals surface area contributed by atoms with Crippen molar-refractivity contribution < 1.29 is 0 Å². The first-order chi connectivity index (χ1) is 7.85. The summed E-state index contributed by atoms with van der Waals surface area (Å²) in [6, 6.07) is 0. The molecule has 0 unspecified atom stereocenters. The van der Waals surface area contributed by atoms with Gasteiger partial charge >= 0.3 is 0 Å². The molecule has 0 atom stereocenters. The zero-order valence-electron chi connectivity index (χ0n) is 8.82. The fourth-order valence-electron chi connectivity index (χ4n) is 1.29. The largest absolute Gasteiger partial charge is 0.364 e. The van der Waals surface area contributed by atoms with Gasteiger partial charge in [0.05, 0.1) is 6.20 Å². The van der Waals surface area contributed by atoms with Gasteiger partial charge in [0.15, 0.2) is 15.6 Å². The van der Waals surface area contributed by atoms with Crippen molar-refractivity contribution in [1.29, 1.82) is 0 Å². The van der Waals surface area contributed by atoms with Crippen molar-refractivity contribution in [3.05, 3.63) is 11.9 Å². The van der Waals surface area contributed by atoms with Crippen LogP contribution in [-0.4, -0.2) is 22.0 Å². The molecule has 0 radical (unpaired) electrons. The maximum atomic E-state index is 4.42. The van der Waals surface area contributed by atoms with Crippen molar-refractivity contribution in [1.82, 2.24) is 15.0 Å². The van der Waals surface area contributed by atoms with Crippen molar-refractivity contribution in [2.24, 2.45) is 5.92 Å².